The third-order valence-corrected chi connectivity index (χ3v) is 4.06. The maximum atomic E-state index is 12.5. The van der Waals surface area contributed by atoms with Gasteiger partial charge in [0.25, 0.3) is 0 Å². The van der Waals surface area contributed by atoms with Crippen molar-refractivity contribution >= 4 is 22.4 Å². The van der Waals surface area contributed by atoms with Gasteiger partial charge in [-0.15, -0.1) is 0 Å². The zero-order valence-corrected chi connectivity index (χ0v) is 12.9. The summed E-state index contributed by atoms with van der Waals surface area (Å²) in [7, 11) is 0. The molecular weight excluding hydrogens is 272 g/mol. The molecule has 2 N–H and O–H groups in total. The quantitative estimate of drug-likeness (QED) is 0.687. The van der Waals surface area contributed by atoms with Crippen molar-refractivity contribution in [3.8, 4) is 0 Å². The van der Waals surface area contributed by atoms with E-state index in [1.807, 2.05) is 24.3 Å². The van der Waals surface area contributed by atoms with Crippen LogP contribution in [0.1, 0.15) is 28.4 Å². The van der Waals surface area contributed by atoms with Crippen LogP contribution in [-0.2, 0) is 6.42 Å². The molecule has 22 heavy (non-hydrogen) atoms. The standard InChI is InChI=1S/C19H20N2O/c1-3-14-8-6-7-13(2)19(14)21-12-18(22)16-11-20-17-10-5-4-9-15(16)17/h4-11,20-21H,3,12H2,1-2H3. The van der Waals surface area contributed by atoms with Crippen LogP contribution in [-0.4, -0.2) is 17.3 Å². The summed E-state index contributed by atoms with van der Waals surface area (Å²) in [6.45, 7) is 4.50. The summed E-state index contributed by atoms with van der Waals surface area (Å²) in [6, 6.07) is 14.1. The van der Waals surface area contributed by atoms with E-state index in [9.17, 15) is 4.79 Å². The van der Waals surface area contributed by atoms with E-state index in [-0.39, 0.29) is 5.78 Å². The number of aromatic amines is 1. The molecule has 0 aliphatic heterocycles. The fourth-order valence-electron chi connectivity index (χ4n) is 2.84. The Kier molecular flexibility index (Phi) is 3.96. The number of para-hydroxylation sites is 2. The van der Waals surface area contributed by atoms with Gasteiger partial charge in [-0.2, -0.15) is 0 Å². The molecular formula is C19H20N2O. The average molecular weight is 292 g/mol. The van der Waals surface area contributed by atoms with E-state index in [1.165, 1.54) is 11.1 Å². The maximum Gasteiger partial charge on any atom is 0.183 e. The first-order chi connectivity index (χ1) is 10.7. The van der Waals surface area contributed by atoms with Crippen LogP contribution in [0.15, 0.2) is 48.7 Å². The predicted molar refractivity (Wildman–Crippen MR) is 91.7 cm³/mol. The van der Waals surface area contributed by atoms with Crippen molar-refractivity contribution in [1.82, 2.24) is 4.98 Å². The van der Waals surface area contributed by atoms with Gasteiger partial charge in [-0.05, 0) is 30.5 Å². The number of Topliss-reactive ketones (excluding diaryl/α,β-unsaturated/α-hetero) is 1. The third-order valence-electron chi connectivity index (χ3n) is 4.06. The Morgan fingerprint density at radius 1 is 1.14 bits per heavy atom. The average Bonchev–Trinajstić information content (AvgIpc) is 2.97. The van der Waals surface area contributed by atoms with Crippen LogP contribution in [0.3, 0.4) is 0 Å². The second kappa shape index (κ2) is 6.06. The van der Waals surface area contributed by atoms with Crippen molar-refractivity contribution in [2.24, 2.45) is 0 Å². The molecule has 0 atom stereocenters. The topological polar surface area (TPSA) is 44.9 Å². The molecule has 0 spiro atoms. The Bertz CT molecular complexity index is 817. The number of benzene rings is 2. The molecule has 2 aromatic carbocycles. The number of hydrogen-bond acceptors (Lipinski definition) is 2. The molecule has 112 valence electrons. The molecule has 1 aromatic heterocycles. The van der Waals surface area contributed by atoms with Crippen molar-refractivity contribution in [2.75, 3.05) is 11.9 Å². The minimum Gasteiger partial charge on any atom is -0.377 e. The Morgan fingerprint density at radius 2 is 1.95 bits per heavy atom. The van der Waals surface area contributed by atoms with Gasteiger partial charge >= 0.3 is 0 Å². The molecule has 3 nitrogen and oxygen atoms in total. The van der Waals surface area contributed by atoms with Crippen LogP contribution in [0.5, 0.6) is 0 Å². The lowest BCUT2D eigenvalue weighted by Gasteiger charge is -2.13. The van der Waals surface area contributed by atoms with Crippen LogP contribution >= 0.6 is 0 Å². The number of anilines is 1. The van der Waals surface area contributed by atoms with Crippen molar-refractivity contribution in [3.63, 3.8) is 0 Å². The number of carbonyl (C=O) groups is 1. The molecule has 0 fully saturated rings. The smallest absolute Gasteiger partial charge is 0.183 e. The lowest BCUT2D eigenvalue weighted by molar-refractivity contribution is 0.101. The van der Waals surface area contributed by atoms with Crippen molar-refractivity contribution < 1.29 is 4.79 Å². The fourth-order valence-corrected chi connectivity index (χ4v) is 2.84. The van der Waals surface area contributed by atoms with Gasteiger partial charge in [0.1, 0.15) is 0 Å². The number of fused-ring (bicyclic) bond motifs is 1. The van der Waals surface area contributed by atoms with Gasteiger partial charge < -0.3 is 10.3 Å². The SMILES string of the molecule is CCc1cccc(C)c1NCC(=O)c1c[nH]c2ccccc12. The molecule has 0 aliphatic rings. The minimum absolute atomic E-state index is 0.0998. The van der Waals surface area contributed by atoms with E-state index in [0.717, 1.165) is 28.6 Å². The molecule has 0 saturated heterocycles. The molecule has 0 unspecified atom stereocenters. The van der Waals surface area contributed by atoms with Gasteiger partial charge in [0.2, 0.25) is 0 Å². The summed E-state index contributed by atoms with van der Waals surface area (Å²) in [5.74, 6) is 0.0998. The highest BCUT2D eigenvalue weighted by Crippen LogP contribution is 2.22. The Hall–Kier alpha value is -2.55. The van der Waals surface area contributed by atoms with Crippen molar-refractivity contribution in [2.45, 2.75) is 20.3 Å². The number of rotatable bonds is 5. The molecule has 1 heterocycles. The maximum absolute atomic E-state index is 12.5. The number of aromatic nitrogens is 1. The van der Waals surface area contributed by atoms with E-state index in [4.69, 9.17) is 0 Å². The lowest BCUT2D eigenvalue weighted by atomic mass is 10.0. The monoisotopic (exact) mass is 292 g/mol. The van der Waals surface area contributed by atoms with Crippen molar-refractivity contribution in [3.05, 3.63) is 65.4 Å². The second-order valence-corrected chi connectivity index (χ2v) is 5.49. The highest BCUT2D eigenvalue weighted by molar-refractivity contribution is 6.09. The largest absolute Gasteiger partial charge is 0.377 e. The van der Waals surface area contributed by atoms with Gasteiger partial charge in [0.15, 0.2) is 5.78 Å². The van der Waals surface area contributed by atoms with Gasteiger partial charge in [0.05, 0.1) is 6.54 Å². The predicted octanol–water partition coefficient (Wildman–Crippen LogP) is 4.33. The van der Waals surface area contributed by atoms with E-state index in [1.54, 1.807) is 6.20 Å². The van der Waals surface area contributed by atoms with Gasteiger partial charge in [0, 0.05) is 28.4 Å². The summed E-state index contributed by atoms with van der Waals surface area (Å²) in [5, 5.41) is 4.30. The lowest BCUT2D eigenvalue weighted by Crippen LogP contribution is -2.15. The van der Waals surface area contributed by atoms with Crippen molar-refractivity contribution in [1.29, 1.82) is 0 Å². The van der Waals surface area contributed by atoms with Gasteiger partial charge in [-0.1, -0.05) is 43.3 Å². The minimum atomic E-state index is 0.0998. The van der Waals surface area contributed by atoms with E-state index >= 15 is 0 Å². The molecule has 0 saturated carbocycles. The number of aryl methyl sites for hydroxylation is 2. The van der Waals surface area contributed by atoms with Gasteiger partial charge in [-0.3, -0.25) is 4.79 Å². The highest BCUT2D eigenvalue weighted by atomic mass is 16.1. The molecule has 0 radical (unpaired) electrons. The molecule has 3 aromatic rings. The summed E-state index contributed by atoms with van der Waals surface area (Å²) in [5.41, 5.74) is 5.24. The Labute approximate surface area is 130 Å². The van der Waals surface area contributed by atoms with E-state index < -0.39 is 0 Å². The van der Waals surface area contributed by atoms with Gasteiger partial charge in [-0.25, -0.2) is 0 Å². The van der Waals surface area contributed by atoms with E-state index in [0.29, 0.717) is 6.54 Å². The Balaban J connectivity index is 1.81. The zero-order valence-electron chi connectivity index (χ0n) is 12.9. The second-order valence-electron chi connectivity index (χ2n) is 5.49. The molecule has 0 bridgehead atoms. The van der Waals surface area contributed by atoms with Crippen LogP contribution in [0.25, 0.3) is 10.9 Å². The summed E-state index contributed by atoms with van der Waals surface area (Å²) < 4.78 is 0. The Morgan fingerprint density at radius 3 is 2.77 bits per heavy atom. The summed E-state index contributed by atoms with van der Waals surface area (Å²) in [4.78, 5) is 15.7. The molecule has 0 aliphatic carbocycles. The number of H-pyrrole nitrogens is 1. The van der Waals surface area contributed by atoms with Crippen LogP contribution < -0.4 is 5.32 Å². The number of hydrogen-bond donors (Lipinski definition) is 2. The number of nitrogens with one attached hydrogen (secondary N) is 2. The van der Waals surface area contributed by atoms with Crippen LogP contribution in [0, 0.1) is 6.92 Å². The fraction of sp³-hybridized carbons (Fsp3) is 0.211. The normalized spacial score (nSPS) is 10.8. The zero-order chi connectivity index (χ0) is 15.5. The summed E-state index contributed by atoms with van der Waals surface area (Å²) in [6.07, 6.45) is 2.75. The third kappa shape index (κ3) is 2.62. The molecule has 3 heteroatoms. The number of ketones is 1. The summed E-state index contributed by atoms with van der Waals surface area (Å²) >= 11 is 0. The number of carbonyl (C=O) groups excluding carboxylic acids is 1. The molecule has 0 amide bonds. The van der Waals surface area contributed by atoms with Crippen LogP contribution in [0.4, 0.5) is 5.69 Å². The molecule has 3 rings (SSSR count). The first-order valence-corrected chi connectivity index (χ1v) is 7.62. The van der Waals surface area contributed by atoms with Crippen LogP contribution in [0.2, 0.25) is 0 Å². The first kappa shape index (κ1) is 14.4. The highest BCUT2D eigenvalue weighted by Gasteiger charge is 2.12. The van der Waals surface area contributed by atoms with E-state index in [2.05, 4.69) is 42.3 Å². The first-order valence-electron chi connectivity index (χ1n) is 7.62.